The van der Waals surface area contributed by atoms with Crippen molar-refractivity contribution in [1.82, 2.24) is 10.3 Å². The number of ether oxygens (including phenoxy) is 2. The maximum absolute atomic E-state index is 11.5. The van der Waals surface area contributed by atoms with Gasteiger partial charge in [0.05, 0.1) is 13.3 Å². The topological polar surface area (TPSA) is 80.2 Å². The number of nitrogens with one attached hydrogen (secondary N) is 1. The molecule has 0 atom stereocenters. The third-order valence-corrected chi connectivity index (χ3v) is 4.29. The molecule has 1 saturated heterocycles. The zero-order valence-electron chi connectivity index (χ0n) is 14.2. The van der Waals surface area contributed by atoms with Gasteiger partial charge in [-0.2, -0.15) is 5.10 Å². The van der Waals surface area contributed by atoms with Crippen LogP contribution in [0.3, 0.4) is 0 Å². The smallest absolute Gasteiger partial charge is 0.344 e. The summed E-state index contributed by atoms with van der Waals surface area (Å²) in [5.41, 5.74) is 1.47. The lowest BCUT2D eigenvalue weighted by Gasteiger charge is -2.12. The van der Waals surface area contributed by atoms with Crippen LogP contribution in [0.5, 0.6) is 11.5 Å². The molecular weight excluding hydrogens is 393 g/mol. The van der Waals surface area contributed by atoms with Gasteiger partial charge < -0.3 is 9.47 Å². The molecule has 1 fully saturated rings. The van der Waals surface area contributed by atoms with E-state index >= 15 is 0 Å². The SMILES string of the molecule is COc1cc(/C=N/N2CC(=O)NC2=O)ccc1OCc1ccc(Cl)cc1Cl. The fourth-order valence-electron chi connectivity index (χ4n) is 2.34. The largest absolute Gasteiger partial charge is 0.493 e. The van der Waals surface area contributed by atoms with E-state index in [1.165, 1.54) is 13.3 Å². The molecule has 0 aromatic heterocycles. The number of carbonyl (C=O) groups excluding carboxylic acids is 2. The number of nitrogens with zero attached hydrogens (tertiary/aromatic N) is 2. The fourth-order valence-corrected chi connectivity index (χ4v) is 2.80. The number of hydrazone groups is 1. The van der Waals surface area contributed by atoms with Crippen molar-refractivity contribution in [2.45, 2.75) is 6.61 Å². The molecule has 0 aliphatic carbocycles. The van der Waals surface area contributed by atoms with Gasteiger partial charge in [0.25, 0.3) is 0 Å². The number of hydrogen-bond acceptors (Lipinski definition) is 5. The number of imide groups is 1. The van der Waals surface area contributed by atoms with Crippen molar-refractivity contribution in [2.24, 2.45) is 5.10 Å². The fraction of sp³-hybridized carbons (Fsp3) is 0.167. The minimum Gasteiger partial charge on any atom is -0.493 e. The van der Waals surface area contributed by atoms with Crippen LogP contribution in [0.15, 0.2) is 41.5 Å². The van der Waals surface area contributed by atoms with Crippen molar-refractivity contribution in [3.63, 3.8) is 0 Å². The first kappa shape index (κ1) is 19.0. The molecule has 1 aliphatic heterocycles. The molecule has 0 saturated carbocycles. The molecule has 1 N–H and O–H groups in total. The monoisotopic (exact) mass is 407 g/mol. The number of methoxy groups -OCH3 is 1. The van der Waals surface area contributed by atoms with Crippen LogP contribution in [-0.4, -0.2) is 36.8 Å². The molecule has 2 aromatic carbocycles. The summed E-state index contributed by atoms with van der Waals surface area (Å²) in [5, 5.41) is 8.25. The Hall–Kier alpha value is -2.77. The van der Waals surface area contributed by atoms with Crippen LogP contribution in [0.1, 0.15) is 11.1 Å². The third kappa shape index (κ3) is 4.69. The summed E-state index contributed by atoms with van der Waals surface area (Å²) < 4.78 is 11.1. The summed E-state index contributed by atoms with van der Waals surface area (Å²) in [6.45, 7) is 0.144. The summed E-state index contributed by atoms with van der Waals surface area (Å²) in [5.74, 6) is 0.625. The molecule has 27 heavy (non-hydrogen) atoms. The lowest BCUT2D eigenvalue weighted by molar-refractivity contribution is -0.118. The molecule has 0 radical (unpaired) electrons. The third-order valence-electron chi connectivity index (χ3n) is 3.71. The Morgan fingerprint density at radius 1 is 1.19 bits per heavy atom. The summed E-state index contributed by atoms with van der Waals surface area (Å²) in [6.07, 6.45) is 1.46. The molecular formula is C18H15Cl2N3O4. The minimum absolute atomic E-state index is 0.102. The number of hydrogen-bond donors (Lipinski definition) is 1. The molecule has 9 heteroatoms. The van der Waals surface area contributed by atoms with Gasteiger partial charge in [-0.15, -0.1) is 0 Å². The zero-order valence-corrected chi connectivity index (χ0v) is 15.8. The lowest BCUT2D eigenvalue weighted by atomic mass is 10.2. The van der Waals surface area contributed by atoms with Crippen LogP contribution in [0.4, 0.5) is 4.79 Å². The molecule has 2 aromatic rings. The van der Waals surface area contributed by atoms with Crippen LogP contribution < -0.4 is 14.8 Å². The Labute approximate surface area is 165 Å². The average molecular weight is 408 g/mol. The summed E-state index contributed by atoms with van der Waals surface area (Å²) in [7, 11) is 1.52. The summed E-state index contributed by atoms with van der Waals surface area (Å²) in [6, 6.07) is 9.81. The van der Waals surface area contributed by atoms with Gasteiger partial charge in [-0.3, -0.25) is 10.1 Å². The highest BCUT2D eigenvalue weighted by Crippen LogP contribution is 2.29. The van der Waals surface area contributed by atoms with Crippen LogP contribution in [-0.2, 0) is 11.4 Å². The van der Waals surface area contributed by atoms with E-state index in [0.29, 0.717) is 27.1 Å². The van der Waals surface area contributed by atoms with Gasteiger partial charge in [0.15, 0.2) is 11.5 Å². The first-order chi connectivity index (χ1) is 13.0. The summed E-state index contributed by atoms with van der Waals surface area (Å²) >= 11 is 12.0. The van der Waals surface area contributed by atoms with E-state index in [9.17, 15) is 9.59 Å². The highest BCUT2D eigenvalue weighted by atomic mass is 35.5. The highest BCUT2D eigenvalue weighted by Gasteiger charge is 2.25. The van der Waals surface area contributed by atoms with Crippen LogP contribution >= 0.6 is 23.2 Å². The number of halogens is 2. The molecule has 3 amide bonds. The summed E-state index contributed by atoms with van der Waals surface area (Å²) in [4.78, 5) is 22.6. The normalized spacial score (nSPS) is 14.0. The van der Waals surface area contributed by atoms with Gasteiger partial charge in [-0.05, 0) is 35.9 Å². The van der Waals surface area contributed by atoms with E-state index in [1.54, 1.807) is 36.4 Å². The van der Waals surface area contributed by atoms with Crippen molar-refractivity contribution >= 4 is 41.4 Å². The molecule has 0 unspecified atom stereocenters. The molecule has 1 aliphatic rings. The van der Waals surface area contributed by atoms with Crippen LogP contribution in [0.25, 0.3) is 0 Å². The number of carbonyl (C=O) groups is 2. The maximum atomic E-state index is 11.5. The van der Waals surface area contributed by atoms with E-state index in [0.717, 1.165) is 10.6 Å². The zero-order chi connectivity index (χ0) is 19.4. The average Bonchev–Trinajstić information content (AvgIpc) is 2.97. The molecule has 0 spiro atoms. The molecule has 3 rings (SSSR count). The van der Waals surface area contributed by atoms with Gasteiger partial charge in [0.2, 0.25) is 5.91 Å². The van der Waals surface area contributed by atoms with E-state index in [2.05, 4.69) is 10.4 Å². The second kappa shape index (κ2) is 8.28. The van der Waals surface area contributed by atoms with Crippen molar-refractivity contribution < 1.29 is 19.1 Å². The number of amides is 3. The second-order valence-corrected chi connectivity index (χ2v) is 6.43. The van der Waals surface area contributed by atoms with Gasteiger partial charge >= 0.3 is 6.03 Å². The van der Waals surface area contributed by atoms with Crippen LogP contribution in [0.2, 0.25) is 10.0 Å². The standard InChI is InChI=1S/C18H15Cl2N3O4/c1-26-16-6-11(8-21-23-9-17(24)22-18(23)25)2-5-15(16)27-10-12-3-4-13(19)7-14(12)20/h2-8H,9-10H2,1H3,(H,22,24,25)/b21-8+. The van der Waals surface area contributed by atoms with Gasteiger partial charge in [0, 0.05) is 15.6 Å². The van der Waals surface area contributed by atoms with E-state index < -0.39 is 6.03 Å². The number of rotatable bonds is 6. The molecule has 7 nitrogen and oxygen atoms in total. The Bertz CT molecular complexity index is 917. The van der Waals surface area contributed by atoms with Crippen molar-refractivity contribution in [3.05, 3.63) is 57.6 Å². The van der Waals surface area contributed by atoms with Gasteiger partial charge in [-0.25, -0.2) is 9.80 Å². The maximum Gasteiger partial charge on any atom is 0.344 e. The quantitative estimate of drug-likeness (QED) is 0.587. The predicted molar refractivity (Wildman–Crippen MR) is 102 cm³/mol. The molecule has 140 valence electrons. The first-order valence-electron chi connectivity index (χ1n) is 7.86. The molecule has 0 bridgehead atoms. The Morgan fingerprint density at radius 2 is 2.00 bits per heavy atom. The van der Waals surface area contributed by atoms with Crippen molar-refractivity contribution in [1.29, 1.82) is 0 Å². The first-order valence-corrected chi connectivity index (χ1v) is 8.62. The van der Waals surface area contributed by atoms with Crippen molar-refractivity contribution in [3.8, 4) is 11.5 Å². The Morgan fingerprint density at radius 3 is 2.67 bits per heavy atom. The Kier molecular flexibility index (Phi) is 5.83. The van der Waals surface area contributed by atoms with E-state index in [4.69, 9.17) is 32.7 Å². The van der Waals surface area contributed by atoms with Crippen LogP contribution in [0, 0.1) is 0 Å². The van der Waals surface area contributed by atoms with E-state index in [-0.39, 0.29) is 19.1 Å². The van der Waals surface area contributed by atoms with Crippen molar-refractivity contribution in [2.75, 3.05) is 13.7 Å². The molecule has 1 heterocycles. The number of urea groups is 1. The number of benzene rings is 2. The lowest BCUT2D eigenvalue weighted by Crippen LogP contribution is -2.24. The second-order valence-electron chi connectivity index (χ2n) is 5.59. The van der Waals surface area contributed by atoms with E-state index in [1.807, 2.05) is 0 Å². The van der Waals surface area contributed by atoms with Gasteiger partial charge in [-0.1, -0.05) is 29.3 Å². The Balaban J connectivity index is 1.70. The highest BCUT2D eigenvalue weighted by molar-refractivity contribution is 6.35. The van der Waals surface area contributed by atoms with Gasteiger partial charge in [0.1, 0.15) is 13.2 Å². The predicted octanol–water partition coefficient (Wildman–Crippen LogP) is 3.47. The minimum atomic E-state index is -0.553.